The van der Waals surface area contributed by atoms with Crippen LogP contribution < -0.4 is 10.1 Å². The highest BCUT2D eigenvalue weighted by Gasteiger charge is 2.27. The van der Waals surface area contributed by atoms with Crippen LogP contribution in [0.5, 0.6) is 5.75 Å². The van der Waals surface area contributed by atoms with Gasteiger partial charge in [0.1, 0.15) is 5.75 Å². The van der Waals surface area contributed by atoms with Crippen LogP contribution in [-0.2, 0) is 18.3 Å². The van der Waals surface area contributed by atoms with Crippen LogP contribution in [0.15, 0.2) is 42.6 Å². The number of carbonyl (C=O) groups is 1. The van der Waals surface area contributed by atoms with Gasteiger partial charge >= 0.3 is 0 Å². The number of carbonyl (C=O) groups excluding carboxylic acids is 1. The number of aryl methyl sites for hydroxylation is 2. The van der Waals surface area contributed by atoms with Crippen LogP contribution in [0.4, 0.5) is 0 Å². The number of amides is 1. The van der Waals surface area contributed by atoms with Crippen LogP contribution in [0.2, 0.25) is 0 Å². The quantitative estimate of drug-likeness (QED) is 0.922. The molecule has 0 bridgehead atoms. The summed E-state index contributed by atoms with van der Waals surface area (Å²) < 4.78 is 7.76. The minimum atomic E-state index is -0.0996. The van der Waals surface area contributed by atoms with E-state index in [-0.39, 0.29) is 17.9 Å². The Morgan fingerprint density at radius 3 is 2.96 bits per heavy atom. The molecule has 4 heteroatoms. The largest absolute Gasteiger partial charge is 0.493 e. The number of rotatable bonds is 5. The van der Waals surface area contributed by atoms with Crippen molar-refractivity contribution in [3.05, 3.63) is 53.9 Å². The molecule has 0 radical (unpaired) electrons. The first-order valence-corrected chi connectivity index (χ1v) is 8.27. The van der Waals surface area contributed by atoms with Gasteiger partial charge in [-0.3, -0.25) is 4.79 Å². The molecule has 23 heavy (non-hydrogen) atoms. The molecular weight excluding hydrogens is 288 g/mol. The topological polar surface area (TPSA) is 43.3 Å². The molecule has 1 amide bonds. The minimum Gasteiger partial charge on any atom is -0.493 e. The van der Waals surface area contributed by atoms with Crippen LogP contribution >= 0.6 is 0 Å². The highest BCUT2D eigenvalue weighted by molar-refractivity contribution is 5.85. The molecule has 1 N–H and O–H groups in total. The number of ether oxygens (including phenoxy) is 1. The molecule has 2 atom stereocenters. The maximum Gasteiger partial charge on any atom is 0.228 e. The summed E-state index contributed by atoms with van der Waals surface area (Å²) in [6.07, 6.45) is 4.70. The van der Waals surface area contributed by atoms with Gasteiger partial charge in [-0.1, -0.05) is 18.2 Å². The van der Waals surface area contributed by atoms with Crippen molar-refractivity contribution in [1.29, 1.82) is 0 Å². The van der Waals surface area contributed by atoms with Crippen LogP contribution in [0.1, 0.15) is 36.9 Å². The maximum absolute atomic E-state index is 12.6. The molecule has 0 aliphatic carbocycles. The molecule has 4 nitrogen and oxygen atoms in total. The van der Waals surface area contributed by atoms with E-state index in [1.54, 1.807) is 0 Å². The van der Waals surface area contributed by atoms with Crippen molar-refractivity contribution in [2.75, 3.05) is 6.61 Å². The van der Waals surface area contributed by atoms with Crippen molar-refractivity contribution >= 4 is 5.91 Å². The molecule has 0 saturated carbocycles. The van der Waals surface area contributed by atoms with E-state index in [4.69, 9.17) is 4.74 Å². The standard InChI is InChI=1S/C19H24N2O2/c1-14(9-10-15-6-5-12-21(15)2)20-19(22)17-11-13-23-18-8-4-3-7-16(17)18/h3-8,12,14,17H,9-11,13H2,1-2H3,(H,20,22)/t14-,17-/m1/s1. The van der Waals surface area contributed by atoms with E-state index in [9.17, 15) is 4.79 Å². The third kappa shape index (κ3) is 3.58. The zero-order valence-electron chi connectivity index (χ0n) is 13.8. The third-order valence-electron chi connectivity index (χ3n) is 4.55. The summed E-state index contributed by atoms with van der Waals surface area (Å²) >= 11 is 0. The zero-order valence-corrected chi connectivity index (χ0v) is 13.8. The fraction of sp³-hybridized carbons (Fsp3) is 0.421. The highest BCUT2D eigenvalue weighted by Crippen LogP contribution is 2.33. The molecule has 1 aliphatic heterocycles. The number of para-hydroxylation sites is 1. The van der Waals surface area contributed by atoms with Crippen LogP contribution in [0.25, 0.3) is 0 Å². The summed E-state index contributed by atoms with van der Waals surface area (Å²) in [5.41, 5.74) is 2.30. The van der Waals surface area contributed by atoms with Crippen molar-refractivity contribution in [2.24, 2.45) is 7.05 Å². The van der Waals surface area contributed by atoms with Gasteiger partial charge in [0.25, 0.3) is 0 Å². The van der Waals surface area contributed by atoms with Crippen LogP contribution in [-0.4, -0.2) is 23.1 Å². The Morgan fingerprint density at radius 2 is 2.17 bits per heavy atom. The average Bonchev–Trinajstić information content (AvgIpc) is 2.97. The number of nitrogens with one attached hydrogen (secondary N) is 1. The van der Waals surface area contributed by atoms with Gasteiger partial charge in [-0.05, 0) is 44.4 Å². The summed E-state index contributed by atoms with van der Waals surface area (Å²) in [6.45, 7) is 2.68. The molecule has 0 unspecified atom stereocenters. The third-order valence-corrected chi connectivity index (χ3v) is 4.55. The average molecular weight is 312 g/mol. The summed E-state index contributed by atoms with van der Waals surface area (Å²) in [5, 5.41) is 3.17. The van der Waals surface area contributed by atoms with Gasteiger partial charge in [-0.15, -0.1) is 0 Å². The van der Waals surface area contributed by atoms with Gasteiger partial charge < -0.3 is 14.6 Å². The molecule has 2 aromatic rings. The molecule has 122 valence electrons. The fourth-order valence-electron chi connectivity index (χ4n) is 3.15. The van der Waals surface area contributed by atoms with Gasteiger partial charge in [0.15, 0.2) is 0 Å². The monoisotopic (exact) mass is 312 g/mol. The van der Waals surface area contributed by atoms with E-state index in [0.29, 0.717) is 6.61 Å². The Kier molecular flexibility index (Phi) is 4.70. The van der Waals surface area contributed by atoms with Gasteiger partial charge in [0.2, 0.25) is 5.91 Å². The first-order valence-electron chi connectivity index (χ1n) is 8.27. The Hall–Kier alpha value is -2.23. The molecule has 0 fully saturated rings. The summed E-state index contributed by atoms with van der Waals surface area (Å²) in [6, 6.07) is 12.2. The number of fused-ring (bicyclic) bond motifs is 1. The number of nitrogens with zero attached hydrogens (tertiary/aromatic N) is 1. The molecule has 1 aromatic carbocycles. The molecule has 3 rings (SSSR count). The normalized spacial score (nSPS) is 17.9. The van der Waals surface area contributed by atoms with Crippen molar-refractivity contribution in [2.45, 2.75) is 38.1 Å². The predicted molar refractivity (Wildman–Crippen MR) is 90.6 cm³/mol. The lowest BCUT2D eigenvalue weighted by Gasteiger charge is -2.26. The second-order valence-electron chi connectivity index (χ2n) is 6.29. The van der Waals surface area contributed by atoms with Crippen molar-refractivity contribution in [1.82, 2.24) is 9.88 Å². The molecule has 0 saturated heterocycles. The minimum absolute atomic E-state index is 0.0996. The Labute approximate surface area is 137 Å². The van der Waals surface area contributed by atoms with E-state index in [1.807, 2.05) is 24.3 Å². The van der Waals surface area contributed by atoms with Crippen LogP contribution in [0.3, 0.4) is 0 Å². The Balaban J connectivity index is 1.58. The SMILES string of the molecule is C[C@H](CCc1cccn1C)NC(=O)[C@@H]1CCOc2ccccc21. The van der Waals surface area contributed by atoms with Gasteiger partial charge in [0, 0.05) is 30.5 Å². The molecule has 2 heterocycles. The highest BCUT2D eigenvalue weighted by atomic mass is 16.5. The summed E-state index contributed by atoms with van der Waals surface area (Å²) in [7, 11) is 2.05. The lowest BCUT2D eigenvalue weighted by Crippen LogP contribution is -2.38. The molecule has 1 aliphatic rings. The lowest BCUT2D eigenvalue weighted by molar-refractivity contribution is -0.123. The van der Waals surface area contributed by atoms with E-state index in [2.05, 4.69) is 42.2 Å². The first kappa shape index (κ1) is 15.7. The number of hydrogen-bond donors (Lipinski definition) is 1. The number of aromatic nitrogens is 1. The molecule has 1 aromatic heterocycles. The molecule has 0 spiro atoms. The van der Waals surface area contributed by atoms with E-state index >= 15 is 0 Å². The maximum atomic E-state index is 12.6. The number of benzene rings is 1. The van der Waals surface area contributed by atoms with Crippen molar-refractivity contribution < 1.29 is 9.53 Å². The molecular formula is C19H24N2O2. The van der Waals surface area contributed by atoms with Gasteiger partial charge in [0.05, 0.1) is 12.5 Å². The summed E-state index contributed by atoms with van der Waals surface area (Å²) in [4.78, 5) is 12.6. The first-order chi connectivity index (χ1) is 11.1. The van der Waals surface area contributed by atoms with Crippen molar-refractivity contribution in [3.8, 4) is 5.75 Å². The van der Waals surface area contributed by atoms with E-state index in [0.717, 1.165) is 30.6 Å². The van der Waals surface area contributed by atoms with Gasteiger partial charge in [-0.25, -0.2) is 0 Å². The zero-order chi connectivity index (χ0) is 16.2. The van der Waals surface area contributed by atoms with E-state index < -0.39 is 0 Å². The Bertz CT molecular complexity index is 678. The smallest absolute Gasteiger partial charge is 0.228 e. The Morgan fingerprint density at radius 1 is 1.35 bits per heavy atom. The second-order valence-corrected chi connectivity index (χ2v) is 6.29. The second kappa shape index (κ2) is 6.90. The summed E-state index contributed by atoms with van der Waals surface area (Å²) in [5.74, 6) is 0.855. The van der Waals surface area contributed by atoms with Gasteiger partial charge in [-0.2, -0.15) is 0 Å². The lowest BCUT2D eigenvalue weighted by atomic mass is 9.92. The fourth-order valence-corrected chi connectivity index (χ4v) is 3.15. The van der Waals surface area contributed by atoms with Crippen molar-refractivity contribution in [3.63, 3.8) is 0 Å². The predicted octanol–water partition coefficient (Wildman–Crippen LogP) is 3.03. The van der Waals surface area contributed by atoms with Crippen LogP contribution in [0, 0.1) is 0 Å². The number of hydrogen-bond acceptors (Lipinski definition) is 2. The van der Waals surface area contributed by atoms with E-state index in [1.165, 1.54) is 5.69 Å².